The first kappa shape index (κ1) is 22.2. The number of halogens is 5. The molecule has 0 bridgehead atoms. The number of aliphatic carboxylic acids is 1. The van der Waals surface area contributed by atoms with Gasteiger partial charge in [-0.05, 0) is 55.3 Å². The molecule has 0 amide bonds. The van der Waals surface area contributed by atoms with E-state index in [0.717, 1.165) is 12.1 Å². The summed E-state index contributed by atoms with van der Waals surface area (Å²) < 4.78 is 44.9. The second kappa shape index (κ2) is 8.92. The maximum Gasteiger partial charge on any atom is 0.416 e. The topological polar surface area (TPSA) is 58.6 Å². The lowest BCUT2D eigenvalue weighted by atomic mass is 10.0. The van der Waals surface area contributed by atoms with Gasteiger partial charge < -0.3 is 15.2 Å². The van der Waals surface area contributed by atoms with Crippen LogP contribution in [0.1, 0.15) is 36.5 Å². The van der Waals surface area contributed by atoms with Gasteiger partial charge in [-0.3, -0.25) is 4.79 Å². The van der Waals surface area contributed by atoms with E-state index >= 15 is 0 Å². The molecule has 28 heavy (non-hydrogen) atoms. The fraction of sp³-hybridized carbons (Fsp3) is 0.316. The first-order chi connectivity index (χ1) is 13.0. The summed E-state index contributed by atoms with van der Waals surface area (Å²) in [6.45, 7) is 3.52. The Labute approximate surface area is 170 Å². The number of carboxylic acid groups (broad SMARTS) is 1. The number of ether oxygens (including phenoxy) is 1. The highest BCUT2D eigenvalue weighted by atomic mass is 35.5. The summed E-state index contributed by atoms with van der Waals surface area (Å²) in [6.07, 6.45) is -4.50. The Balaban J connectivity index is 2.28. The molecule has 152 valence electrons. The van der Waals surface area contributed by atoms with E-state index in [0.29, 0.717) is 17.8 Å². The quantitative estimate of drug-likeness (QED) is 0.542. The van der Waals surface area contributed by atoms with Gasteiger partial charge in [0.25, 0.3) is 0 Å². The fourth-order valence-corrected chi connectivity index (χ4v) is 3.12. The number of rotatable bonds is 7. The Bertz CT molecular complexity index is 849. The highest BCUT2D eigenvalue weighted by molar-refractivity contribution is 6.37. The number of benzene rings is 2. The number of nitrogens with one attached hydrogen (secondary N) is 1. The van der Waals surface area contributed by atoms with E-state index in [2.05, 4.69) is 5.32 Å². The van der Waals surface area contributed by atoms with Crippen molar-refractivity contribution in [1.29, 1.82) is 0 Å². The minimum Gasteiger partial charge on any atom is -0.486 e. The molecule has 4 nitrogen and oxygen atoms in total. The zero-order valence-electron chi connectivity index (χ0n) is 15.0. The molecule has 0 aliphatic heterocycles. The van der Waals surface area contributed by atoms with Crippen molar-refractivity contribution in [1.82, 2.24) is 0 Å². The first-order valence-corrected chi connectivity index (χ1v) is 9.08. The summed E-state index contributed by atoms with van der Waals surface area (Å²) in [6, 6.07) is 6.38. The van der Waals surface area contributed by atoms with Gasteiger partial charge in [0.1, 0.15) is 6.61 Å². The van der Waals surface area contributed by atoms with Crippen LogP contribution >= 0.6 is 23.2 Å². The Hall–Kier alpha value is -2.12. The molecule has 0 saturated carbocycles. The second-order valence-corrected chi connectivity index (χ2v) is 6.92. The van der Waals surface area contributed by atoms with Gasteiger partial charge in [0.2, 0.25) is 0 Å². The number of hydrogen-bond acceptors (Lipinski definition) is 3. The molecular formula is C19H18Cl2F3NO3. The van der Waals surface area contributed by atoms with Crippen molar-refractivity contribution in [2.24, 2.45) is 0 Å². The zero-order chi connectivity index (χ0) is 21.1. The van der Waals surface area contributed by atoms with Crippen molar-refractivity contribution in [3.05, 3.63) is 57.1 Å². The normalized spacial score (nSPS) is 12.5. The maximum absolute atomic E-state index is 13.1. The average Bonchev–Trinajstić information content (AvgIpc) is 2.59. The van der Waals surface area contributed by atoms with Crippen LogP contribution in [0.4, 0.5) is 18.9 Å². The van der Waals surface area contributed by atoms with E-state index in [-0.39, 0.29) is 28.0 Å². The summed E-state index contributed by atoms with van der Waals surface area (Å²) in [5.41, 5.74) is 0.190. The van der Waals surface area contributed by atoms with E-state index < -0.39 is 23.6 Å². The van der Waals surface area contributed by atoms with Gasteiger partial charge in [-0.2, -0.15) is 13.2 Å². The molecule has 0 fully saturated rings. The van der Waals surface area contributed by atoms with Crippen LogP contribution in [0.15, 0.2) is 30.3 Å². The molecule has 2 rings (SSSR count). The SMILES string of the molecule is CCNc1cc(COc2c(Cl)cc(C(C)C(=O)O)cc2Cl)cc(C(F)(F)F)c1. The van der Waals surface area contributed by atoms with Crippen LogP contribution in [-0.4, -0.2) is 17.6 Å². The molecule has 0 heterocycles. The summed E-state index contributed by atoms with van der Waals surface area (Å²) in [5, 5.41) is 12.1. The van der Waals surface area contributed by atoms with E-state index in [1.807, 2.05) is 0 Å². The third kappa shape index (κ3) is 5.45. The van der Waals surface area contributed by atoms with E-state index in [4.69, 9.17) is 33.0 Å². The first-order valence-electron chi connectivity index (χ1n) is 8.32. The van der Waals surface area contributed by atoms with Crippen molar-refractivity contribution < 1.29 is 27.8 Å². The van der Waals surface area contributed by atoms with Crippen molar-refractivity contribution in [2.45, 2.75) is 32.5 Å². The molecule has 0 saturated heterocycles. The fourth-order valence-electron chi connectivity index (χ4n) is 2.51. The lowest BCUT2D eigenvalue weighted by Crippen LogP contribution is -2.09. The third-order valence-corrected chi connectivity index (χ3v) is 4.54. The lowest BCUT2D eigenvalue weighted by Gasteiger charge is -2.16. The number of alkyl halides is 3. The predicted octanol–water partition coefficient (Wildman–Crippen LogP) is 6.21. The summed E-state index contributed by atoms with van der Waals surface area (Å²) in [5.74, 6) is -1.79. The molecule has 9 heteroatoms. The molecule has 0 aromatic heterocycles. The molecular weight excluding hydrogens is 418 g/mol. The number of anilines is 1. The monoisotopic (exact) mass is 435 g/mol. The highest BCUT2D eigenvalue weighted by Gasteiger charge is 2.31. The molecule has 1 atom stereocenters. The molecule has 2 N–H and O–H groups in total. The van der Waals surface area contributed by atoms with E-state index in [9.17, 15) is 18.0 Å². The molecule has 2 aromatic rings. The zero-order valence-corrected chi connectivity index (χ0v) is 16.5. The van der Waals surface area contributed by atoms with Crippen LogP contribution < -0.4 is 10.1 Å². The predicted molar refractivity (Wildman–Crippen MR) is 102 cm³/mol. The van der Waals surface area contributed by atoms with Crippen LogP contribution in [0.5, 0.6) is 5.75 Å². The summed E-state index contributed by atoms with van der Waals surface area (Å²) in [7, 11) is 0. The Morgan fingerprint density at radius 3 is 2.29 bits per heavy atom. The molecule has 0 aliphatic carbocycles. The number of hydrogen-bond donors (Lipinski definition) is 2. The molecule has 0 radical (unpaired) electrons. The standard InChI is InChI=1S/C19H18Cl2F3NO3/c1-3-25-14-5-11(4-13(8-14)19(22,23)24)9-28-17-15(20)6-12(7-16(17)21)10(2)18(26)27/h4-8,10,25H,3,9H2,1-2H3,(H,26,27). The average molecular weight is 436 g/mol. The van der Waals surface area contributed by atoms with Crippen LogP contribution in [0, 0.1) is 0 Å². The van der Waals surface area contributed by atoms with Crippen molar-refractivity contribution in [3.8, 4) is 5.75 Å². The molecule has 1 unspecified atom stereocenters. The Morgan fingerprint density at radius 2 is 1.79 bits per heavy atom. The van der Waals surface area contributed by atoms with Crippen LogP contribution in [0.25, 0.3) is 0 Å². The van der Waals surface area contributed by atoms with Crippen molar-refractivity contribution in [3.63, 3.8) is 0 Å². The van der Waals surface area contributed by atoms with Crippen LogP contribution in [0.2, 0.25) is 10.0 Å². The van der Waals surface area contributed by atoms with E-state index in [1.165, 1.54) is 19.1 Å². The van der Waals surface area contributed by atoms with Gasteiger partial charge in [0, 0.05) is 12.2 Å². The third-order valence-electron chi connectivity index (χ3n) is 3.98. The van der Waals surface area contributed by atoms with Crippen LogP contribution in [-0.2, 0) is 17.6 Å². The van der Waals surface area contributed by atoms with Gasteiger partial charge >= 0.3 is 12.1 Å². The minimum absolute atomic E-state index is 0.0760. The van der Waals surface area contributed by atoms with Gasteiger partial charge in [-0.25, -0.2) is 0 Å². The van der Waals surface area contributed by atoms with Gasteiger partial charge in [0.05, 0.1) is 21.5 Å². The van der Waals surface area contributed by atoms with Crippen LogP contribution in [0.3, 0.4) is 0 Å². The molecule has 2 aromatic carbocycles. The van der Waals surface area contributed by atoms with Gasteiger partial charge in [-0.1, -0.05) is 23.2 Å². The Morgan fingerprint density at radius 1 is 1.18 bits per heavy atom. The summed E-state index contributed by atoms with van der Waals surface area (Å²) >= 11 is 12.3. The van der Waals surface area contributed by atoms with Gasteiger partial charge in [0.15, 0.2) is 5.75 Å². The highest BCUT2D eigenvalue weighted by Crippen LogP contribution is 2.37. The maximum atomic E-state index is 13.1. The lowest BCUT2D eigenvalue weighted by molar-refractivity contribution is -0.138. The molecule has 0 aliphatic rings. The smallest absolute Gasteiger partial charge is 0.416 e. The largest absolute Gasteiger partial charge is 0.486 e. The van der Waals surface area contributed by atoms with Crippen molar-refractivity contribution in [2.75, 3.05) is 11.9 Å². The number of carbonyl (C=O) groups is 1. The van der Waals surface area contributed by atoms with Crippen molar-refractivity contribution >= 4 is 34.9 Å². The van der Waals surface area contributed by atoms with E-state index in [1.54, 1.807) is 13.0 Å². The second-order valence-electron chi connectivity index (χ2n) is 6.11. The number of carboxylic acids is 1. The summed E-state index contributed by atoms with van der Waals surface area (Å²) in [4.78, 5) is 11.1. The molecule has 0 spiro atoms. The Kier molecular flexibility index (Phi) is 7.06. The van der Waals surface area contributed by atoms with Gasteiger partial charge in [-0.15, -0.1) is 0 Å². The minimum atomic E-state index is -4.50.